The first-order valence-electron chi connectivity index (χ1n) is 7.21. The van der Waals surface area contributed by atoms with Crippen molar-refractivity contribution in [1.82, 2.24) is 5.32 Å². The monoisotopic (exact) mass is 289 g/mol. The molecular formula is C17H20ClNO. The van der Waals surface area contributed by atoms with E-state index in [0.29, 0.717) is 5.92 Å². The summed E-state index contributed by atoms with van der Waals surface area (Å²) in [6.07, 6.45) is 1.27. The van der Waals surface area contributed by atoms with Crippen LogP contribution in [0.25, 0.3) is 0 Å². The van der Waals surface area contributed by atoms with E-state index in [1.54, 1.807) is 0 Å². The summed E-state index contributed by atoms with van der Waals surface area (Å²) in [5.74, 6) is 3.60. The van der Waals surface area contributed by atoms with Gasteiger partial charge in [-0.3, -0.25) is 0 Å². The Morgan fingerprint density at radius 2 is 1.95 bits per heavy atom. The number of halogens is 1. The van der Waals surface area contributed by atoms with E-state index in [-0.39, 0.29) is 6.04 Å². The molecule has 20 heavy (non-hydrogen) atoms. The first kappa shape index (κ1) is 13.7. The summed E-state index contributed by atoms with van der Waals surface area (Å²) in [6.45, 7) is 5.18. The van der Waals surface area contributed by atoms with Crippen molar-refractivity contribution in [3.8, 4) is 0 Å². The lowest BCUT2D eigenvalue weighted by atomic mass is 10.1. The van der Waals surface area contributed by atoms with Gasteiger partial charge >= 0.3 is 0 Å². The normalized spacial score (nSPS) is 22.8. The molecule has 1 aromatic carbocycles. The van der Waals surface area contributed by atoms with Gasteiger partial charge in [0.05, 0.1) is 6.54 Å². The molecule has 1 aliphatic carbocycles. The molecule has 1 N–H and O–H groups in total. The van der Waals surface area contributed by atoms with Crippen molar-refractivity contribution < 1.29 is 4.42 Å². The first-order chi connectivity index (χ1) is 9.63. The molecule has 1 aliphatic rings. The molecule has 2 aromatic rings. The largest absolute Gasteiger partial charge is 0.464 e. The Labute approximate surface area is 125 Å². The van der Waals surface area contributed by atoms with Gasteiger partial charge in [0.15, 0.2) is 0 Å². The molecule has 106 valence electrons. The molecule has 0 bridgehead atoms. The van der Waals surface area contributed by atoms with Gasteiger partial charge in [0.1, 0.15) is 11.5 Å². The van der Waals surface area contributed by atoms with E-state index in [9.17, 15) is 0 Å². The minimum absolute atomic E-state index is 0.278. The molecule has 1 saturated carbocycles. The molecule has 0 aliphatic heterocycles. The van der Waals surface area contributed by atoms with Crippen molar-refractivity contribution >= 4 is 11.6 Å². The summed E-state index contributed by atoms with van der Waals surface area (Å²) in [5, 5.41) is 4.26. The van der Waals surface area contributed by atoms with Gasteiger partial charge in [-0.05, 0) is 49.1 Å². The van der Waals surface area contributed by atoms with Gasteiger partial charge in [-0.2, -0.15) is 0 Å². The molecule has 2 nitrogen and oxygen atoms in total. The van der Waals surface area contributed by atoms with Crippen molar-refractivity contribution in [2.75, 3.05) is 0 Å². The molecule has 0 amide bonds. The summed E-state index contributed by atoms with van der Waals surface area (Å²) in [6, 6.07) is 12.4. The van der Waals surface area contributed by atoms with Crippen molar-refractivity contribution in [1.29, 1.82) is 0 Å². The van der Waals surface area contributed by atoms with Crippen LogP contribution in [0.4, 0.5) is 0 Å². The SMILES string of the molecule is CC1CC1c1ccc(CN[C@H](C)c2ccc(Cl)cc2)o1. The summed E-state index contributed by atoms with van der Waals surface area (Å²) in [5.41, 5.74) is 1.23. The van der Waals surface area contributed by atoms with Crippen LogP contribution in [0.1, 0.15) is 49.3 Å². The smallest absolute Gasteiger partial charge is 0.117 e. The Bertz CT molecular complexity index is 575. The lowest BCUT2D eigenvalue weighted by Gasteiger charge is -2.13. The van der Waals surface area contributed by atoms with Crippen LogP contribution in [0.5, 0.6) is 0 Å². The third-order valence-corrected chi connectivity index (χ3v) is 4.36. The molecule has 0 spiro atoms. The van der Waals surface area contributed by atoms with Crippen molar-refractivity contribution in [2.24, 2.45) is 5.92 Å². The van der Waals surface area contributed by atoms with Gasteiger partial charge in [-0.25, -0.2) is 0 Å². The van der Waals surface area contributed by atoms with E-state index in [1.807, 2.05) is 12.1 Å². The van der Waals surface area contributed by atoms with Gasteiger partial charge in [0.25, 0.3) is 0 Å². The van der Waals surface area contributed by atoms with Gasteiger partial charge < -0.3 is 9.73 Å². The molecule has 1 aromatic heterocycles. The van der Waals surface area contributed by atoms with E-state index < -0.39 is 0 Å². The van der Waals surface area contributed by atoms with E-state index in [2.05, 4.69) is 43.4 Å². The van der Waals surface area contributed by atoms with Gasteiger partial charge in [-0.1, -0.05) is 30.7 Å². The molecule has 0 radical (unpaired) electrons. The van der Waals surface area contributed by atoms with E-state index in [0.717, 1.165) is 29.0 Å². The number of benzene rings is 1. The highest BCUT2D eigenvalue weighted by Crippen LogP contribution is 2.47. The molecule has 3 atom stereocenters. The first-order valence-corrected chi connectivity index (χ1v) is 7.58. The van der Waals surface area contributed by atoms with Crippen LogP contribution < -0.4 is 5.32 Å². The maximum atomic E-state index is 5.90. The predicted molar refractivity (Wildman–Crippen MR) is 81.9 cm³/mol. The predicted octanol–water partition coefficient (Wildman–Crippen LogP) is 4.91. The fraction of sp³-hybridized carbons (Fsp3) is 0.412. The van der Waals surface area contributed by atoms with Crippen LogP contribution in [-0.2, 0) is 6.54 Å². The zero-order chi connectivity index (χ0) is 14.1. The fourth-order valence-corrected chi connectivity index (χ4v) is 2.66. The van der Waals surface area contributed by atoms with Crippen LogP contribution in [0.15, 0.2) is 40.8 Å². The molecule has 2 unspecified atom stereocenters. The van der Waals surface area contributed by atoms with Crippen molar-refractivity contribution in [3.05, 3.63) is 58.5 Å². The third-order valence-electron chi connectivity index (χ3n) is 4.11. The second kappa shape index (κ2) is 5.63. The number of furan rings is 1. The quantitative estimate of drug-likeness (QED) is 0.846. The van der Waals surface area contributed by atoms with Crippen LogP contribution >= 0.6 is 11.6 Å². The minimum Gasteiger partial charge on any atom is -0.464 e. The summed E-state index contributed by atoms with van der Waals surface area (Å²) in [7, 11) is 0. The Morgan fingerprint density at radius 3 is 2.60 bits per heavy atom. The number of nitrogens with one attached hydrogen (secondary N) is 1. The highest BCUT2D eigenvalue weighted by molar-refractivity contribution is 6.30. The van der Waals surface area contributed by atoms with Gasteiger partial charge in [0.2, 0.25) is 0 Å². The zero-order valence-electron chi connectivity index (χ0n) is 11.9. The molecular weight excluding hydrogens is 270 g/mol. The lowest BCUT2D eigenvalue weighted by Crippen LogP contribution is -2.17. The minimum atomic E-state index is 0.278. The Hall–Kier alpha value is -1.25. The summed E-state index contributed by atoms with van der Waals surface area (Å²) in [4.78, 5) is 0. The molecule has 1 fully saturated rings. The highest BCUT2D eigenvalue weighted by atomic mass is 35.5. The Morgan fingerprint density at radius 1 is 1.25 bits per heavy atom. The highest BCUT2D eigenvalue weighted by Gasteiger charge is 2.36. The standard InChI is InChI=1S/C17H20ClNO/c1-11-9-16(11)17-8-7-15(20-17)10-19-12(2)13-3-5-14(18)6-4-13/h3-8,11-12,16,19H,9-10H2,1-2H3/t11?,12-,16?/m1/s1. The van der Waals surface area contributed by atoms with Crippen molar-refractivity contribution in [3.63, 3.8) is 0 Å². The van der Waals surface area contributed by atoms with Gasteiger partial charge in [0, 0.05) is 17.0 Å². The van der Waals surface area contributed by atoms with E-state index in [1.165, 1.54) is 12.0 Å². The number of hydrogen-bond donors (Lipinski definition) is 1. The molecule has 3 heteroatoms. The Kier molecular flexibility index (Phi) is 3.86. The number of rotatable bonds is 5. The van der Waals surface area contributed by atoms with Crippen LogP contribution in [0.3, 0.4) is 0 Å². The second-order valence-electron chi connectivity index (χ2n) is 5.78. The topological polar surface area (TPSA) is 25.2 Å². The molecule has 0 saturated heterocycles. The average Bonchev–Trinajstić information content (AvgIpc) is 3.00. The summed E-state index contributed by atoms with van der Waals surface area (Å²) < 4.78 is 5.90. The van der Waals surface area contributed by atoms with Crippen LogP contribution in [0.2, 0.25) is 5.02 Å². The van der Waals surface area contributed by atoms with E-state index in [4.69, 9.17) is 16.0 Å². The molecule has 3 rings (SSSR count). The van der Waals surface area contributed by atoms with E-state index >= 15 is 0 Å². The lowest BCUT2D eigenvalue weighted by molar-refractivity contribution is 0.430. The maximum Gasteiger partial charge on any atom is 0.117 e. The number of hydrogen-bond acceptors (Lipinski definition) is 2. The second-order valence-corrected chi connectivity index (χ2v) is 6.21. The third kappa shape index (κ3) is 3.08. The zero-order valence-corrected chi connectivity index (χ0v) is 12.7. The van der Waals surface area contributed by atoms with Crippen LogP contribution in [0, 0.1) is 5.92 Å². The van der Waals surface area contributed by atoms with Crippen molar-refractivity contribution in [2.45, 2.75) is 38.8 Å². The fourth-order valence-electron chi connectivity index (χ4n) is 2.53. The maximum absolute atomic E-state index is 5.90. The Balaban J connectivity index is 1.56. The average molecular weight is 290 g/mol. The van der Waals surface area contributed by atoms with Crippen LogP contribution in [-0.4, -0.2) is 0 Å². The molecule has 1 heterocycles. The summed E-state index contributed by atoms with van der Waals surface area (Å²) >= 11 is 5.90. The van der Waals surface area contributed by atoms with Gasteiger partial charge in [-0.15, -0.1) is 0 Å².